The molecule has 1 radical (unpaired) electrons. The third kappa shape index (κ3) is 3.80. The molecule has 3 aromatic rings. The fraction of sp³-hybridized carbons (Fsp3) is 0.100. The number of carbonyl (C=O) groups is 1. The van der Waals surface area contributed by atoms with Crippen molar-refractivity contribution in [2.75, 3.05) is 0 Å². The summed E-state index contributed by atoms with van der Waals surface area (Å²) in [5.41, 5.74) is 4.79. The number of phenols is 1. The molecule has 0 saturated heterocycles. The lowest BCUT2D eigenvalue weighted by Gasteiger charge is -2.06. The van der Waals surface area contributed by atoms with Gasteiger partial charge < -0.3 is 5.11 Å². The number of aryl methyl sites for hydroxylation is 1. The van der Waals surface area contributed by atoms with Crippen LogP contribution in [0.4, 0.5) is 0 Å². The summed E-state index contributed by atoms with van der Waals surface area (Å²) in [6, 6.07) is 17.5. The summed E-state index contributed by atoms with van der Waals surface area (Å²) in [6.07, 6.45) is 2.49. The van der Waals surface area contributed by atoms with Crippen molar-refractivity contribution in [3.8, 4) is 5.75 Å². The van der Waals surface area contributed by atoms with Crippen molar-refractivity contribution < 1.29 is 9.90 Å². The van der Waals surface area contributed by atoms with E-state index >= 15 is 0 Å². The van der Waals surface area contributed by atoms with Gasteiger partial charge in [-0.1, -0.05) is 42.8 Å². The second-order valence-electron chi connectivity index (χ2n) is 5.51. The standard InChI is InChI=1S/C20H16ClN2O2/c1-2-13-9-14-5-3-4-6-17(14)16(10-13)12-22-23-20(25)15-7-8-19(24)18(21)11-15/h3-8,10-12,24H,2H2,1H3,(H,23,25). The van der Waals surface area contributed by atoms with Crippen LogP contribution >= 0.6 is 11.6 Å². The molecule has 0 unspecified atom stereocenters. The van der Waals surface area contributed by atoms with E-state index in [1.807, 2.05) is 30.3 Å². The van der Waals surface area contributed by atoms with Gasteiger partial charge in [0.2, 0.25) is 0 Å². The van der Waals surface area contributed by atoms with E-state index in [9.17, 15) is 9.90 Å². The Morgan fingerprint density at radius 2 is 2.08 bits per heavy atom. The lowest BCUT2D eigenvalue weighted by atomic mass is 10.0. The first-order valence-electron chi connectivity index (χ1n) is 7.84. The lowest BCUT2D eigenvalue weighted by molar-refractivity contribution is 0.0955. The van der Waals surface area contributed by atoms with Crippen molar-refractivity contribution >= 4 is 34.5 Å². The number of nitrogens with one attached hydrogen (secondary N) is 1. The molecule has 0 saturated carbocycles. The minimum absolute atomic E-state index is 0.0687. The van der Waals surface area contributed by atoms with E-state index in [4.69, 9.17) is 11.6 Å². The third-order valence-electron chi connectivity index (χ3n) is 3.82. The van der Waals surface area contributed by atoms with Crippen LogP contribution in [0.2, 0.25) is 5.02 Å². The molecule has 3 rings (SSSR count). The molecule has 5 heteroatoms. The van der Waals surface area contributed by atoms with Crippen LogP contribution in [0.3, 0.4) is 0 Å². The van der Waals surface area contributed by atoms with Crippen molar-refractivity contribution in [2.24, 2.45) is 5.10 Å². The molecule has 0 heterocycles. The number of rotatable bonds is 4. The zero-order valence-electron chi connectivity index (χ0n) is 13.6. The minimum Gasteiger partial charge on any atom is -0.506 e. The number of carbonyl (C=O) groups excluding carboxylic acids is 1. The van der Waals surface area contributed by atoms with Crippen molar-refractivity contribution in [1.82, 2.24) is 5.43 Å². The van der Waals surface area contributed by atoms with Crippen LogP contribution in [0, 0.1) is 6.07 Å². The van der Waals surface area contributed by atoms with E-state index in [1.54, 1.807) is 6.21 Å². The van der Waals surface area contributed by atoms with E-state index in [2.05, 4.69) is 23.5 Å². The highest BCUT2D eigenvalue weighted by molar-refractivity contribution is 6.32. The highest BCUT2D eigenvalue weighted by Crippen LogP contribution is 2.23. The predicted molar refractivity (Wildman–Crippen MR) is 100 cm³/mol. The Bertz CT molecular complexity index is 967. The number of amides is 1. The van der Waals surface area contributed by atoms with Gasteiger partial charge in [0.1, 0.15) is 5.75 Å². The first-order chi connectivity index (χ1) is 12.1. The zero-order valence-corrected chi connectivity index (χ0v) is 14.3. The molecule has 4 nitrogen and oxygen atoms in total. The number of phenolic OH excluding ortho intramolecular Hbond substituents is 1. The Hall–Kier alpha value is -2.85. The number of hydrogen-bond acceptors (Lipinski definition) is 3. The number of fused-ring (bicyclic) bond motifs is 1. The van der Waals surface area contributed by atoms with Gasteiger partial charge >= 0.3 is 0 Å². The van der Waals surface area contributed by atoms with Crippen LogP contribution in [0.15, 0.2) is 53.6 Å². The SMILES string of the molecule is CCc1[c]c2ccccc2c(C=NNC(=O)c2ccc(O)c(Cl)c2)c1. The zero-order chi connectivity index (χ0) is 17.8. The topological polar surface area (TPSA) is 61.7 Å². The average molecular weight is 352 g/mol. The summed E-state index contributed by atoms with van der Waals surface area (Å²) >= 11 is 5.81. The Balaban J connectivity index is 1.83. The second kappa shape index (κ2) is 7.36. The van der Waals surface area contributed by atoms with E-state index in [1.165, 1.54) is 18.2 Å². The summed E-state index contributed by atoms with van der Waals surface area (Å²) < 4.78 is 0. The van der Waals surface area contributed by atoms with Crippen LogP contribution < -0.4 is 5.43 Å². The quantitative estimate of drug-likeness (QED) is 0.543. The number of nitrogens with zero attached hydrogens (tertiary/aromatic N) is 1. The molecule has 1 amide bonds. The van der Waals surface area contributed by atoms with E-state index in [0.29, 0.717) is 5.56 Å². The summed E-state index contributed by atoms with van der Waals surface area (Å²) in [4.78, 5) is 12.1. The number of aromatic hydroxyl groups is 1. The molecular weight excluding hydrogens is 336 g/mol. The Kier molecular flexibility index (Phi) is 5.00. The Morgan fingerprint density at radius 1 is 1.28 bits per heavy atom. The molecule has 0 aliphatic heterocycles. The maximum absolute atomic E-state index is 12.1. The van der Waals surface area contributed by atoms with E-state index in [-0.39, 0.29) is 10.8 Å². The third-order valence-corrected chi connectivity index (χ3v) is 4.13. The molecule has 0 spiro atoms. The Labute approximate surface area is 150 Å². The van der Waals surface area contributed by atoms with Gasteiger partial charge in [0.05, 0.1) is 11.2 Å². The van der Waals surface area contributed by atoms with Crippen LogP contribution in [0.5, 0.6) is 5.75 Å². The molecular formula is C20H16ClN2O2. The number of halogens is 1. The smallest absolute Gasteiger partial charge is 0.271 e. The van der Waals surface area contributed by atoms with Crippen LogP contribution in [-0.2, 0) is 6.42 Å². The van der Waals surface area contributed by atoms with Gasteiger partial charge in [-0.15, -0.1) is 0 Å². The fourth-order valence-electron chi connectivity index (χ4n) is 2.49. The molecule has 3 aromatic carbocycles. The minimum atomic E-state index is -0.402. The fourth-order valence-corrected chi connectivity index (χ4v) is 2.67. The number of benzene rings is 3. The number of hydrogen-bond donors (Lipinski definition) is 2. The van der Waals surface area contributed by atoms with Gasteiger partial charge in [0, 0.05) is 11.1 Å². The predicted octanol–water partition coefficient (Wildman–Crippen LogP) is 4.33. The monoisotopic (exact) mass is 351 g/mol. The maximum atomic E-state index is 12.1. The van der Waals surface area contributed by atoms with Crippen LogP contribution in [0.1, 0.15) is 28.4 Å². The van der Waals surface area contributed by atoms with Crippen LogP contribution in [-0.4, -0.2) is 17.2 Å². The first kappa shape index (κ1) is 17.0. The van der Waals surface area contributed by atoms with Gasteiger partial charge in [-0.3, -0.25) is 4.79 Å². The molecule has 125 valence electrons. The normalized spacial score (nSPS) is 11.1. The molecule has 0 bridgehead atoms. The molecule has 25 heavy (non-hydrogen) atoms. The summed E-state index contributed by atoms with van der Waals surface area (Å²) in [5.74, 6) is -0.471. The van der Waals surface area contributed by atoms with Gasteiger partial charge in [0.15, 0.2) is 0 Å². The van der Waals surface area contributed by atoms with Gasteiger partial charge in [-0.05, 0) is 53.1 Å². The van der Waals surface area contributed by atoms with Crippen molar-refractivity contribution in [3.05, 3.63) is 76.3 Å². The maximum Gasteiger partial charge on any atom is 0.271 e. The largest absolute Gasteiger partial charge is 0.506 e. The molecule has 0 fully saturated rings. The molecule has 0 aromatic heterocycles. The van der Waals surface area contributed by atoms with Crippen molar-refractivity contribution in [1.29, 1.82) is 0 Å². The average Bonchev–Trinajstić information content (AvgIpc) is 2.63. The van der Waals surface area contributed by atoms with Gasteiger partial charge in [0.25, 0.3) is 5.91 Å². The molecule has 0 aliphatic carbocycles. The highest BCUT2D eigenvalue weighted by Gasteiger charge is 2.07. The molecule has 0 aliphatic rings. The van der Waals surface area contributed by atoms with Gasteiger partial charge in [-0.2, -0.15) is 5.10 Å². The molecule has 0 atom stereocenters. The highest BCUT2D eigenvalue weighted by atomic mass is 35.5. The number of hydrazone groups is 1. The van der Waals surface area contributed by atoms with Crippen LogP contribution in [0.25, 0.3) is 10.8 Å². The van der Waals surface area contributed by atoms with Crippen molar-refractivity contribution in [3.63, 3.8) is 0 Å². The van der Waals surface area contributed by atoms with E-state index < -0.39 is 5.91 Å². The van der Waals surface area contributed by atoms with E-state index in [0.717, 1.165) is 28.3 Å². The second-order valence-corrected chi connectivity index (χ2v) is 5.92. The Morgan fingerprint density at radius 3 is 2.84 bits per heavy atom. The first-order valence-corrected chi connectivity index (χ1v) is 8.22. The van der Waals surface area contributed by atoms with Gasteiger partial charge in [-0.25, -0.2) is 5.43 Å². The summed E-state index contributed by atoms with van der Waals surface area (Å²) in [7, 11) is 0. The summed E-state index contributed by atoms with van der Waals surface area (Å²) in [5, 5.41) is 15.6. The molecule has 2 N–H and O–H groups in total. The summed E-state index contributed by atoms with van der Waals surface area (Å²) in [6.45, 7) is 2.07. The lowest BCUT2D eigenvalue weighted by Crippen LogP contribution is -2.17. The van der Waals surface area contributed by atoms with Crippen molar-refractivity contribution in [2.45, 2.75) is 13.3 Å².